The van der Waals surface area contributed by atoms with Gasteiger partial charge in [0, 0.05) is 23.5 Å². The largest absolute Gasteiger partial charge is 0.313 e. The summed E-state index contributed by atoms with van der Waals surface area (Å²) in [4.78, 5) is 4.40. The van der Waals surface area contributed by atoms with Gasteiger partial charge in [0.05, 0.1) is 0 Å². The fraction of sp³-hybridized carbons (Fsp3) is 0.467. The maximum Gasteiger partial charge on any atom is 0.138 e. The van der Waals surface area contributed by atoms with Crippen LogP contribution in [-0.4, -0.2) is 21.8 Å². The molecular formula is C15H21BrN4. The van der Waals surface area contributed by atoms with E-state index in [1.165, 1.54) is 5.56 Å². The van der Waals surface area contributed by atoms with Crippen molar-refractivity contribution in [1.82, 2.24) is 20.1 Å². The van der Waals surface area contributed by atoms with Gasteiger partial charge in [-0.15, -0.1) is 0 Å². The number of hydrogen-bond donors (Lipinski definition) is 1. The second-order valence-corrected chi connectivity index (χ2v) is 6.26. The third kappa shape index (κ3) is 3.90. The number of nitrogens with zero attached hydrogens (tertiary/aromatic N) is 3. The minimum atomic E-state index is 0.248. The normalized spacial score (nSPS) is 12.8. The zero-order valence-electron chi connectivity index (χ0n) is 12.2. The molecular weight excluding hydrogens is 316 g/mol. The topological polar surface area (TPSA) is 42.7 Å². The van der Waals surface area contributed by atoms with E-state index in [1.54, 1.807) is 6.33 Å². The number of nitrogens with one attached hydrogen (secondary N) is 1. The van der Waals surface area contributed by atoms with Gasteiger partial charge in [-0.1, -0.05) is 41.9 Å². The van der Waals surface area contributed by atoms with E-state index in [0.29, 0.717) is 5.92 Å². The summed E-state index contributed by atoms with van der Waals surface area (Å²) in [6.45, 7) is 5.29. The SMILES string of the molecule is CNC(Cc1ncnn1CC(C)C)c1ccc(Br)cc1. The van der Waals surface area contributed by atoms with E-state index in [0.717, 1.165) is 23.3 Å². The van der Waals surface area contributed by atoms with Gasteiger partial charge in [0.1, 0.15) is 12.2 Å². The number of aromatic nitrogens is 3. The first kappa shape index (κ1) is 15.2. The van der Waals surface area contributed by atoms with Gasteiger partial charge in [-0.05, 0) is 30.7 Å². The molecule has 0 aliphatic rings. The highest BCUT2D eigenvalue weighted by Gasteiger charge is 2.14. The highest BCUT2D eigenvalue weighted by molar-refractivity contribution is 9.10. The molecule has 0 amide bonds. The van der Waals surface area contributed by atoms with Crippen molar-refractivity contribution in [2.75, 3.05) is 7.05 Å². The van der Waals surface area contributed by atoms with E-state index in [-0.39, 0.29) is 6.04 Å². The van der Waals surface area contributed by atoms with Crippen LogP contribution in [0.2, 0.25) is 0 Å². The number of halogens is 1. The Labute approximate surface area is 128 Å². The molecule has 0 spiro atoms. The molecule has 108 valence electrons. The van der Waals surface area contributed by atoms with Crippen molar-refractivity contribution >= 4 is 15.9 Å². The van der Waals surface area contributed by atoms with Gasteiger partial charge in [0.25, 0.3) is 0 Å². The molecule has 0 saturated heterocycles. The molecule has 1 aromatic carbocycles. The Morgan fingerprint density at radius 1 is 1.25 bits per heavy atom. The quantitative estimate of drug-likeness (QED) is 0.880. The van der Waals surface area contributed by atoms with Crippen LogP contribution in [-0.2, 0) is 13.0 Å². The lowest BCUT2D eigenvalue weighted by molar-refractivity contribution is 0.451. The first-order valence-corrected chi connectivity index (χ1v) is 7.69. The molecule has 0 saturated carbocycles. The monoisotopic (exact) mass is 336 g/mol. The van der Waals surface area contributed by atoms with Gasteiger partial charge in [0.2, 0.25) is 0 Å². The molecule has 0 aliphatic carbocycles. The van der Waals surface area contributed by atoms with E-state index in [2.05, 4.69) is 69.4 Å². The van der Waals surface area contributed by atoms with Crippen molar-refractivity contribution in [3.05, 3.63) is 46.5 Å². The summed E-state index contributed by atoms with van der Waals surface area (Å²) in [6.07, 6.45) is 2.48. The average Bonchev–Trinajstić information content (AvgIpc) is 2.83. The highest BCUT2D eigenvalue weighted by Crippen LogP contribution is 2.20. The molecule has 1 aromatic heterocycles. The molecule has 2 rings (SSSR count). The van der Waals surface area contributed by atoms with Gasteiger partial charge in [-0.3, -0.25) is 0 Å². The van der Waals surface area contributed by atoms with Crippen molar-refractivity contribution in [1.29, 1.82) is 0 Å². The Morgan fingerprint density at radius 2 is 1.95 bits per heavy atom. The van der Waals surface area contributed by atoms with Gasteiger partial charge in [-0.25, -0.2) is 9.67 Å². The summed E-state index contributed by atoms with van der Waals surface area (Å²) in [5, 5.41) is 7.68. The summed E-state index contributed by atoms with van der Waals surface area (Å²) >= 11 is 3.47. The Kier molecular flexibility index (Phi) is 5.31. The van der Waals surface area contributed by atoms with E-state index >= 15 is 0 Å². The van der Waals surface area contributed by atoms with Crippen molar-refractivity contribution in [2.24, 2.45) is 5.92 Å². The standard InChI is InChI=1S/C15H21BrN4/c1-11(2)9-20-15(18-10-19-20)8-14(17-3)12-4-6-13(16)7-5-12/h4-7,10-11,14,17H,8-9H2,1-3H3. The van der Waals surface area contributed by atoms with Crippen molar-refractivity contribution in [3.8, 4) is 0 Å². The number of rotatable bonds is 6. The van der Waals surface area contributed by atoms with Crippen LogP contribution in [0.4, 0.5) is 0 Å². The second-order valence-electron chi connectivity index (χ2n) is 5.35. The summed E-state index contributed by atoms with van der Waals surface area (Å²) in [5.41, 5.74) is 1.26. The number of likely N-dealkylation sites (N-methyl/N-ethyl adjacent to an activating group) is 1. The van der Waals surface area contributed by atoms with Gasteiger partial charge in [0.15, 0.2) is 0 Å². The molecule has 1 atom stereocenters. The van der Waals surface area contributed by atoms with E-state index in [4.69, 9.17) is 0 Å². The van der Waals surface area contributed by atoms with Crippen LogP contribution in [0.25, 0.3) is 0 Å². The minimum absolute atomic E-state index is 0.248. The first-order valence-electron chi connectivity index (χ1n) is 6.89. The summed E-state index contributed by atoms with van der Waals surface area (Å²) in [6, 6.07) is 8.65. The highest BCUT2D eigenvalue weighted by atomic mass is 79.9. The Balaban J connectivity index is 2.14. The Bertz CT molecular complexity index is 533. The smallest absolute Gasteiger partial charge is 0.138 e. The lowest BCUT2D eigenvalue weighted by atomic mass is 10.0. The van der Waals surface area contributed by atoms with E-state index in [9.17, 15) is 0 Å². The van der Waals surface area contributed by atoms with E-state index in [1.807, 2.05) is 11.7 Å². The molecule has 20 heavy (non-hydrogen) atoms. The maximum absolute atomic E-state index is 4.40. The number of benzene rings is 1. The third-order valence-electron chi connectivity index (χ3n) is 3.24. The molecule has 0 aliphatic heterocycles. The van der Waals surface area contributed by atoms with Crippen LogP contribution >= 0.6 is 15.9 Å². The summed E-state index contributed by atoms with van der Waals surface area (Å²) < 4.78 is 3.10. The molecule has 4 nitrogen and oxygen atoms in total. The van der Waals surface area contributed by atoms with Crippen LogP contribution in [0.5, 0.6) is 0 Å². The summed E-state index contributed by atoms with van der Waals surface area (Å²) in [7, 11) is 1.98. The van der Waals surface area contributed by atoms with Gasteiger partial charge >= 0.3 is 0 Å². The summed E-state index contributed by atoms with van der Waals surface area (Å²) in [5.74, 6) is 1.59. The van der Waals surface area contributed by atoms with Crippen molar-refractivity contribution in [2.45, 2.75) is 32.9 Å². The maximum atomic E-state index is 4.40. The van der Waals surface area contributed by atoms with Gasteiger partial charge < -0.3 is 5.32 Å². The van der Waals surface area contributed by atoms with Crippen molar-refractivity contribution in [3.63, 3.8) is 0 Å². The second kappa shape index (κ2) is 6.99. The van der Waals surface area contributed by atoms with Crippen LogP contribution in [0, 0.1) is 5.92 Å². The van der Waals surface area contributed by atoms with Crippen LogP contribution in [0.1, 0.15) is 31.3 Å². The number of hydrogen-bond acceptors (Lipinski definition) is 3. The molecule has 0 fully saturated rings. The molecule has 5 heteroatoms. The predicted molar refractivity (Wildman–Crippen MR) is 84.5 cm³/mol. The molecule has 1 heterocycles. The Morgan fingerprint density at radius 3 is 2.55 bits per heavy atom. The fourth-order valence-corrected chi connectivity index (χ4v) is 2.47. The lowest BCUT2D eigenvalue weighted by Crippen LogP contribution is -2.21. The van der Waals surface area contributed by atoms with E-state index < -0.39 is 0 Å². The molecule has 2 aromatic rings. The zero-order chi connectivity index (χ0) is 14.5. The third-order valence-corrected chi connectivity index (χ3v) is 3.77. The Hall–Kier alpha value is -1.20. The van der Waals surface area contributed by atoms with Crippen LogP contribution < -0.4 is 5.32 Å². The molecule has 1 unspecified atom stereocenters. The fourth-order valence-electron chi connectivity index (χ4n) is 2.21. The molecule has 0 bridgehead atoms. The first-order chi connectivity index (χ1) is 9.60. The molecule has 1 N–H and O–H groups in total. The average molecular weight is 337 g/mol. The van der Waals surface area contributed by atoms with Gasteiger partial charge in [-0.2, -0.15) is 5.10 Å². The zero-order valence-corrected chi connectivity index (χ0v) is 13.8. The lowest BCUT2D eigenvalue weighted by Gasteiger charge is -2.17. The predicted octanol–water partition coefficient (Wildman–Crippen LogP) is 3.20. The van der Waals surface area contributed by atoms with Crippen LogP contribution in [0.3, 0.4) is 0 Å². The molecule has 0 radical (unpaired) electrons. The van der Waals surface area contributed by atoms with Crippen LogP contribution in [0.15, 0.2) is 35.1 Å². The minimum Gasteiger partial charge on any atom is -0.313 e. The van der Waals surface area contributed by atoms with Crippen molar-refractivity contribution < 1.29 is 0 Å².